The number of rotatable bonds is 6. The van der Waals surface area contributed by atoms with Gasteiger partial charge in [-0.2, -0.15) is 13.5 Å². The number of benzene rings is 2. The van der Waals surface area contributed by atoms with Gasteiger partial charge in [0.1, 0.15) is 0 Å². The normalized spacial score (nSPS) is 11.2. The monoisotopic (exact) mass is 360 g/mol. The topological polar surface area (TPSA) is 128 Å². The number of hydrogen-bond acceptors (Lipinski definition) is 6. The second kappa shape index (κ2) is 7.58. The Kier molecular flexibility index (Phi) is 5.50. The molecule has 0 unspecified atom stereocenters. The SMILES string of the molecule is CC(=O)Nc1ccc(S(=O)(=O)N/N=C\c2ccccc2)cc1C(=O)[O-]. The molecule has 0 aliphatic heterocycles. The fourth-order valence-corrected chi connectivity index (χ4v) is 2.74. The van der Waals surface area contributed by atoms with Crippen LogP contribution in [0.1, 0.15) is 22.8 Å². The van der Waals surface area contributed by atoms with E-state index in [-0.39, 0.29) is 10.6 Å². The second-order valence-electron chi connectivity index (χ2n) is 4.94. The standard InChI is InChI=1S/C16H15N3O5S/c1-11(20)18-15-8-7-13(9-14(15)16(21)22)25(23,24)19-17-10-12-5-3-2-4-6-12/h2-10,19H,1H3,(H,18,20)(H,21,22)/p-1/b17-10-. The van der Waals surface area contributed by atoms with E-state index in [0.29, 0.717) is 5.56 Å². The summed E-state index contributed by atoms with van der Waals surface area (Å²) in [5.74, 6) is -2.11. The van der Waals surface area contributed by atoms with Crippen molar-refractivity contribution in [3.63, 3.8) is 0 Å². The van der Waals surface area contributed by atoms with Crippen LogP contribution in [-0.4, -0.2) is 26.5 Å². The summed E-state index contributed by atoms with van der Waals surface area (Å²) in [6.07, 6.45) is 1.31. The average molecular weight is 360 g/mol. The number of amides is 1. The van der Waals surface area contributed by atoms with Gasteiger partial charge in [-0.3, -0.25) is 4.79 Å². The van der Waals surface area contributed by atoms with E-state index >= 15 is 0 Å². The molecule has 9 heteroatoms. The summed E-state index contributed by atoms with van der Waals surface area (Å²) in [7, 11) is -4.08. The maximum Gasteiger partial charge on any atom is 0.276 e. The van der Waals surface area contributed by atoms with Crippen LogP contribution in [0.3, 0.4) is 0 Å². The van der Waals surface area contributed by atoms with E-state index in [2.05, 4.69) is 10.4 Å². The molecule has 0 saturated heterocycles. The fourth-order valence-electron chi connectivity index (χ4n) is 1.92. The van der Waals surface area contributed by atoms with Crippen LogP contribution in [-0.2, 0) is 14.8 Å². The molecule has 25 heavy (non-hydrogen) atoms. The number of nitrogens with zero attached hydrogens (tertiary/aromatic N) is 1. The van der Waals surface area contributed by atoms with Crippen molar-refractivity contribution in [3.8, 4) is 0 Å². The first-order valence-electron chi connectivity index (χ1n) is 7.02. The molecule has 2 aromatic carbocycles. The van der Waals surface area contributed by atoms with Gasteiger partial charge in [-0.05, 0) is 23.8 Å². The van der Waals surface area contributed by atoms with Crippen molar-refractivity contribution in [3.05, 3.63) is 59.7 Å². The molecule has 2 rings (SSSR count). The van der Waals surface area contributed by atoms with Crippen molar-refractivity contribution in [1.82, 2.24) is 4.83 Å². The Morgan fingerprint density at radius 3 is 2.40 bits per heavy atom. The molecule has 0 fully saturated rings. The molecule has 0 atom stereocenters. The van der Waals surface area contributed by atoms with Crippen LogP contribution < -0.4 is 15.3 Å². The highest BCUT2D eigenvalue weighted by Crippen LogP contribution is 2.20. The first-order valence-corrected chi connectivity index (χ1v) is 8.51. The van der Waals surface area contributed by atoms with Crippen molar-refractivity contribution >= 4 is 33.8 Å². The van der Waals surface area contributed by atoms with Gasteiger partial charge in [0, 0.05) is 18.2 Å². The molecule has 2 aromatic rings. The van der Waals surface area contributed by atoms with Gasteiger partial charge in [0.15, 0.2) is 0 Å². The highest BCUT2D eigenvalue weighted by molar-refractivity contribution is 7.89. The number of aromatic carboxylic acids is 1. The molecule has 0 bridgehead atoms. The van der Waals surface area contributed by atoms with Gasteiger partial charge in [0.25, 0.3) is 10.0 Å². The van der Waals surface area contributed by atoms with Gasteiger partial charge >= 0.3 is 0 Å². The summed E-state index contributed by atoms with van der Waals surface area (Å²) in [4.78, 5) is 23.9. The zero-order chi connectivity index (χ0) is 18.4. The maximum atomic E-state index is 12.2. The smallest absolute Gasteiger partial charge is 0.276 e. The number of hydrogen-bond donors (Lipinski definition) is 2. The highest BCUT2D eigenvalue weighted by atomic mass is 32.2. The predicted octanol–water partition coefficient (Wildman–Crippen LogP) is 0.321. The van der Waals surface area contributed by atoms with Crippen molar-refractivity contribution in [1.29, 1.82) is 0 Å². The van der Waals surface area contributed by atoms with Gasteiger partial charge in [0.05, 0.1) is 17.1 Å². The van der Waals surface area contributed by atoms with Gasteiger partial charge < -0.3 is 15.2 Å². The molecule has 0 aromatic heterocycles. The molecule has 1 amide bonds. The Balaban J connectivity index is 2.26. The van der Waals surface area contributed by atoms with Crippen LogP contribution in [0.25, 0.3) is 0 Å². The predicted molar refractivity (Wildman–Crippen MR) is 89.4 cm³/mol. The molecule has 130 valence electrons. The maximum absolute atomic E-state index is 12.2. The highest BCUT2D eigenvalue weighted by Gasteiger charge is 2.16. The number of anilines is 1. The third-order valence-electron chi connectivity index (χ3n) is 3.02. The zero-order valence-electron chi connectivity index (χ0n) is 13.1. The average Bonchev–Trinajstić information content (AvgIpc) is 2.55. The Morgan fingerprint density at radius 2 is 1.80 bits per heavy atom. The van der Waals surface area contributed by atoms with Crippen LogP contribution in [0.15, 0.2) is 58.5 Å². The lowest BCUT2D eigenvalue weighted by Crippen LogP contribution is -2.26. The van der Waals surface area contributed by atoms with E-state index in [1.165, 1.54) is 19.2 Å². The minimum Gasteiger partial charge on any atom is -0.545 e. The number of hydrazone groups is 1. The number of carboxylic acids is 1. The number of carbonyl (C=O) groups excluding carboxylic acids is 2. The number of sulfonamides is 1. The van der Waals surface area contributed by atoms with Crippen LogP contribution in [0, 0.1) is 0 Å². The fraction of sp³-hybridized carbons (Fsp3) is 0.0625. The summed E-state index contributed by atoms with van der Waals surface area (Å²) in [6.45, 7) is 1.20. The summed E-state index contributed by atoms with van der Waals surface area (Å²) in [5.41, 5.74) is 0.172. The van der Waals surface area contributed by atoms with Crippen molar-refractivity contribution in [2.75, 3.05) is 5.32 Å². The lowest BCUT2D eigenvalue weighted by Gasteiger charge is -2.12. The number of nitrogens with one attached hydrogen (secondary N) is 2. The molecule has 0 aliphatic rings. The van der Waals surface area contributed by atoms with E-state index in [1.807, 2.05) is 4.83 Å². The van der Waals surface area contributed by atoms with Gasteiger partial charge in [-0.1, -0.05) is 30.3 Å². The number of carboxylic acid groups (broad SMARTS) is 1. The molecular weight excluding hydrogens is 346 g/mol. The molecule has 0 radical (unpaired) electrons. The molecule has 0 heterocycles. The van der Waals surface area contributed by atoms with Crippen molar-refractivity contribution in [2.45, 2.75) is 11.8 Å². The van der Waals surface area contributed by atoms with Crippen LogP contribution >= 0.6 is 0 Å². The molecule has 0 aliphatic carbocycles. The Morgan fingerprint density at radius 1 is 1.12 bits per heavy atom. The molecular formula is C16H14N3O5S-. The van der Waals surface area contributed by atoms with E-state index in [0.717, 1.165) is 12.1 Å². The van der Waals surface area contributed by atoms with Crippen molar-refractivity contribution < 1.29 is 23.1 Å². The zero-order valence-corrected chi connectivity index (χ0v) is 13.9. The van der Waals surface area contributed by atoms with E-state index in [9.17, 15) is 23.1 Å². The van der Waals surface area contributed by atoms with E-state index < -0.39 is 27.5 Å². The third kappa shape index (κ3) is 4.88. The molecule has 0 saturated carbocycles. The second-order valence-corrected chi connectivity index (χ2v) is 6.60. The first kappa shape index (κ1) is 18.1. The summed E-state index contributed by atoms with van der Waals surface area (Å²) in [5, 5.41) is 17.1. The van der Waals surface area contributed by atoms with Crippen LogP contribution in [0.2, 0.25) is 0 Å². The van der Waals surface area contributed by atoms with Crippen LogP contribution in [0.5, 0.6) is 0 Å². The Hall–Kier alpha value is -3.20. The molecule has 0 spiro atoms. The minimum atomic E-state index is -4.08. The third-order valence-corrected chi connectivity index (χ3v) is 4.24. The minimum absolute atomic E-state index is 0.0563. The quantitative estimate of drug-likeness (QED) is 0.566. The lowest BCUT2D eigenvalue weighted by molar-refractivity contribution is -0.254. The van der Waals surface area contributed by atoms with Gasteiger partial charge in [0.2, 0.25) is 5.91 Å². The molecule has 2 N–H and O–H groups in total. The summed E-state index contributed by atoms with van der Waals surface area (Å²) >= 11 is 0. The lowest BCUT2D eigenvalue weighted by atomic mass is 10.2. The largest absolute Gasteiger partial charge is 0.545 e. The van der Waals surface area contributed by atoms with E-state index in [1.54, 1.807) is 30.3 Å². The Labute approximate surface area is 144 Å². The number of carbonyl (C=O) groups is 2. The van der Waals surface area contributed by atoms with Gasteiger partial charge in [-0.15, -0.1) is 0 Å². The summed E-state index contributed by atoms with van der Waals surface area (Å²) in [6, 6.07) is 12.0. The molecule has 8 nitrogen and oxygen atoms in total. The van der Waals surface area contributed by atoms with Crippen molar-refractivity contribution in [2.24, 2.45) is 5.10 Å². The van der Waals surface area contributed by atoms with Crippen LogP contribution in [0.4, 0.5) is 5.69 Å². The van der Waals surface area contributed by atoms with Gasteiger partial charge in [-0.25, -0.2) is 4.83 Å². The first-order chi connectivity index (χ1) is 11.8. The summed E-state index contributed by atoms with van der Waals surface area (Å²) < 4.78 is 24.4. The Bertz CT molecular complexity index is 924. The van der Waals surface area contributed by atoms with E-state index in [4.69, 9.17) is 0 Å².